The lowest BCUT2D eigenvalue weighted by Gasteiger charge is -2.12. The van der Waals surface area contributed by atoms with Gasteiger partial charge in [0.2, 0.25) is 0 Å². The molecular weight excluding hydrogens is 186 g/mol. The lowest BCUT2D eigenvalue weighted by atomic mass is 10.2. The fourth-order valence-corrected chi connectivity index (χ4v) is 2.18. The number of carbonyl (C=O) groups excluding carboxylic acids is 1. The van der Waals surface area contributed by atoms with Gasteiger partial charge >= 0.3 is 5.97 Å². The quantitative estimate of drug-likeness (QED) is 0.749. The van der Waals surface area contributed by atoms with E-state index in [1.54, 1.807) is 18.4 Å². The van der Waals surface area contributed by atoms with Crippen molar-refractivity contribution >= 4 is 17.3 Å². The molecule has 1 heterocycles. The van der Waals surface area contributed by atoms with E-state index in [0.29, 0.717) is 0 Å². The topological polar surface area (TPSA) is 38.3 Å². The second-order valence-corrected chi connectivity index (χ2v) is 3.66. The Hall–Kier alpha value is -0.870. The minimum Gasteiger partial charge on any atom is -0.468 e. The zero-order chi connectivity index (χ0) is 9.84. The number of hydrogen-bond donors (Lipinski definition) is 1. The zero-order valence-electron chi connectivity index (χ0n) is 7.96. The van der Waals surface area contributed by atoms with Gasteiger partial charge < -0.3 is 10.1 Å². The van der Waals surface area contributed by atoms with Crippen LogP contribution in [-0.4, -0.2) is 20.1 Å². The van der Waals surface area contributed by atoms with Crippen molar-refractivity contribution in [1.29, 1.82) is 0 Å². The van der Waals surface area contributed by atoms with Gasteiger partial charge in [0.25, 0.3) is 0 Å². The van der Waals surface area contributed by atoms with Crippen molar-refractivity contribution in [3.8, 4) is 0 Å². The smallest absolute Gasteiger partial charge is 0.328 e. The fourth-order valence-electron chi connectivity index (χ4n) is 1.15. The summed E-state index contributed by atoms with van der Waals surface area (Å²) in [6, 6.07) is 1.66. The molecule has 0 aliphatic rings. The molecule has 0 radical (unpaired) electrons. The van der Waals surface area contributed by atoms with Gasteiger partial charge in [-0.2, -0.15) is 0 Å². The Kier molecular flexibility index (Phi) is 3.45. The summed E-state index contributed by atoms with van der Waals surface area (Å²) in [5.41, 5.74) is 1.12. The number of methoxy groups -OCH3 is 1. The van der Waals surface area contributed by atoms with Gasteiger partial charge in [0.1, 0.15) is 6.04 Å². The van der Waals surface area contributed by atoms with Crippen molar-refractivity contribution in [3.05, 3.63) is 21.9 Å². The first-order chi connectivity index (χ1) is 6.20. The van der Waals surface area contributed by atoms with Gasteiger partial charge in [-0.25, -0.2) is 4.79 Å². The zero-order valence-corrected chi connectivity index (χ0v) is 8.77. The van der Waals surface area contributed by atoms with Gasteiger partial charge in [-0.3, -0.25) is 0 Å². The van der Waals surface area contributed by atoms with Crippen LogP contribution < -0.4 is 5.32 Å². The minimum atomic E-state index is -0.329. The van der Waals surface area contributed by atoms with E-state index in [0.717, 1.165) is 10.4 Å². The molecule has 72 valence electrons. The first kappa shape index (κ1) is 10.2. The SMILES string of the molecule is CNC(C(=O)OC)c1sccc1C. The molecule has 1 atom stereocenters. The molecular formula is C9H13NO2S. The fraction of sp³-hybridized carbons (Fsp3) is 0.444. The van der Waals surface area contributed by atoms with Gasteiger partial charge in [0.05, 0.1) is 7.11 Å². The Morgan fingerprint density at radius 2 is 2.38 bits per heavy atom. The van der Waals surface area contributed by atoms with Crippen LogP contribution in [0.4, 0.5) is 0 Å². The summed E-state index contributed by atoms with van der Waals surface area (Å²) in [5, 5.41) is 4.90. The lowest BCUT2D eigenvalue weighted by molar-refractivity contribution is -0.143. The monoisotopic (exact) mass is 199 g/mol. The number of carbonyl (C=O) groups is 1. The number of hydrogen-bond acceptors (Lipinski definition) is 4. The van der Waals surface area contributed by atoms with E-state index >= 15 is 0 Å². The summed E-state index contributed by atoms with van der Waals surface area (Å²) in [7, 11) is 3.15. The molecule has 0 saturated heterocycles. The van der Waals surface area contributed by atoms with Gasteiger partial charge in [-0.1, -0.05) is 0 Å². The Bertz CT molecular complexity index is 296. The molecule has 0 aliphatic heterocycles. The maximum absolute atomic E-state index is 11.3. The van der Waals surface area contributed by atoms with Crippen molar-refractivity contribution in [1.82, 2.24) is 5.32 Å². The molecule has 0 spiro atoms. The molecule has 1 N–H and O–H groups in total. The number of ether oxygens (including phenoxy) is 1. The van der Waals surface area contributed by atoms with Crippen LogP contribution in [0.1, 0.15) is 16.5 Å². The highest BCUT2D eigenvalue weighted by Crippen LogP contribution is 2.24. The molecule has 4 heteroatoms. The van der Waals surface area contributed by atoms with E-state index in [1.165, 1.54) is 7.11 Å². The number of likely N-dealkylation sites (N-methyl/N-ethyl adjacent to an activating group) is 1. The Balaban J connectivity index is 2.90. The highest BCUT2D eigenvalue weighted by Gasteiger charge is 2.21. The van der Waals surface area contributed by atoms with Crippen molar-refractivity contribution in [2.24, 2.45) is 0 Å². The van der Waals surface area contributed by atoms with Crippen LogP contribution in [0.15, 0.2) is 11.4 Å². The molecule has 1 unspecified atom stereocenters. The van der Waals surface area contributed by atoms with E-state index in [1.807, 2.05) is 18.4 Å². The van der Waals surface area contributed by atoms with E-state index in [9.17, 15) is 4.79 Å². The molecule has 3 nitrogen and oxygen atoms in total. The second-order valence-electron chi connectivity index (χ2n) is 2.71. The molecule has 1 aromatic rings. The average Bonchev–Trinajstić information content (AvgIpc) is 2.53. The molecule has 0 fully saturated rings. The third-order valence-corrected chi connectivity index (χ3v) is 2.97. The first-order valence-corrected chi connectivity index (χ1v) is 4.87. The van der Waals surface area contributed by atoms with Gasteiger partial charge in [0, 0.05) is 4.88 Å². The lowest BCUT2D eigenvalue weighted by Crippen LogP contribution is -2.26. The first-order valence-electron chi connectivity index (χ1n) is 3.99. The van der Waals surface area contributed by atoms with Gasteiger partial charge in [-0.05, 0) is 31.0 Å². The van der Waals surface area contributed by atoms with Crippen LogP contribution in [0, 0.1) is 6.92 Å². The number of aryl methyl sites for hydroxylation is 1. The number of esters is 1. The minimum absolute atomic E-state index is 0.243. The highest BCUT2D eigenvalue weighted by molar-refractivity contribution is 7.10. The molecule has 0 bridgehead atoms. The van der Waals surface area contributed by atoms with E-state index in [2.05, 4.69) is 10.1 Å². The van der Waals surface area contributed by atoms with E-state index < -0.39 is 0 Å². The third kappa shape index (κ3) is 2.08. The Morgan fingerprint density at radius 1 is 1.69 bits per heavy atom. The average molecular weight is 199 g/mol. The molecule has 1 aromatic heterocycles. The maximum Gasteiger partial charge on any atom is 0.328 e. The number of thiophene rings is 1. The standard InChI is InChI=1S/C9H13NO2S/c1-6-4-5-13-8(6)7(10-2)9(11)12-3/h4-5,7,10H,1-3H3. The maximum atomic E-state index is 11.3. The Labute approximate surface area is 81.7 Å². The molecule has 13 heavy (non-hydrogen) atoms. The summed E-state index contributed by atoms with van der Waals surface area (Å²) in [6.45, 7) is 1.99. The van der Waals surface area contributed by atoms with Crippen LogP contribution in [0.25, 0.3) is 0 Å². The summed E-state index contributed by atoms with van der Waals surface area (Å²) in [6.07, 6.45) is 0. The van der Waals surface area contributed by atoms with Crippen LogP contribution >= 0.6 is 11.3 Å². The summed E-state index contributed by atoms with van der Waals surface area (Å²) >= 11 is 1.56. The summed E-state index contributed by atoms with van der Waals surface area (Å²) < 4.78 is 4.69. The molecule has 0 amide bonds. The van der Waals surface area contributed by atoms with Crippen molar-refractivity contribution in [2.75, 3.05) is 14.2 Å². The predicted octanol–water partition coefficient (Wildman–Crippen LogP) is 1.49. The molecule has 0 saturated carbocycles. The molecule has 0 aromatic carbocycles. The molecule has 1 rings (SSSR count). The van der Waals surface area contributed by atoms with Crippen LogP contribution in [-0.2, 0) is 9.53 Å². The van der Waals surface area contributed by atoms with Crippen molar-refractivity contribution < 1.29 is 9.53 Å². The highest BCUT2D eigenvalue weighted by atomic mass is 32.1. The summed E-state index contributed by atoms with van der Waals surface area (Å²) in [5.74, 6) is -0.243. The van der Waals surface area contributed by atoms with Gasteiger partial charge in [0.15, 0.2) is 0 Å². The largest absolute Gasteiger partial charge is 0.468 e. The predicted molar refractivity (Wildman–Crippen MR) is 52.9 cm³/mol. The second kappa shape index (κ2) is 4.39. The molecule has 0 aliphatic carbocycles. The van der Waals surface area contributed by atoms with Crippen molar-refractivity contribution in [3.63, 3.8) is 0 Å². The third-order valence-electron chi connectivity index (χ3n) is 1.89. The number of nitrogens with one attached hydrogen (secondary N) is 1. The van der Waals surface area contributed by atoms with Crippen LogP contribution in [0.3, 0.4) is 0 Å². The van der Waals surface area contributed by atoms with Gasteiger partial charge in [-0.15, -0.1) is 11.3 Å². The van der Waals surface area contributed by atoms with Crippen LogP contribution in [0.5, 0.6) is 0 Å². The van der Waals surface area contributed by atoms with Crippen LogP contribution in [0.2, 0.25) is 0 Å². The normalized spacial score (nSPS) is 12.5. The van der Waals surface area contributed by atoms with Crippen molar-refractivity contribution in [2.45, 2.75) is 13.0 Å². The summed E-state index contributed by atoms with van der Waals surface area (Å²) in [4.78, 5) is 12.3. The number of rotatable bonds is 3. The van der Waals surface area contributed by atoms with E-state index in [-0.39, 0.29) is 12.0 Å². The van der Waals surface area contributed by atoms with E-state index in [4.69, 9.17) is 0 Å². The Morgan fingerprint density at radius 3 is 2.77 bits per heavy atom.